The smallest absolute Gasteiger partial charge is 0.222 e. The fourth-order valence-corrected chi connectivity index (χ4v) is 2.89. The number of rotatable bonds is 5. The molecule has 1 N–H and O–H groups in total. The van der Waals surface area contributed by atoms with Crippen LogP contribution in [0.4, 0.5) is 5.69 Å². The van der Waals surface area contributed by atoms with E-state index in [-0.39, 0.29) is 5.91 Å². The van der Waals surface area contributed by atoms with Crippen LogP contribution in [0.1, 0.15) is 17.5 Å². The Bertz CT molecular complexity index is 654. The Morgan fingerprint density at radius 3 is 2.73 bits per heavy atom. The van der Waals surface area contributed by atoms with E-state index in [0.717, 1.165) is 25.1 Å². The van der Waals surface area contributed by atoms with Crippen LogP contribution in [0.2, 0.25) is 5.02 Å². The van der Waals surface area contributed by atoms with E-state index in [1.807, 2.05) is 24.3 Å². The molecule has 0 aromatic heterocycles. The summed E-state index contributed by atoms with van der Waals surface area (Å²) in [6, 6.07) is 16.0. The topological polar surface area (TPSA) is 32.3 Å². The fourth-order valence-electron chi connectivity index (χ4n) is 2.77. The largest absolute Gasteiger partial charge is 0.370 e. The summed E-state index contributed by atoms with van der Waals surface area (Å²) in [5.74, 6) is 0.0827. The Hall–Kier alpha value is -2.00. The van der Waals surface area contributed by atoms with E-state index in [0.29, 0.717) is 18.0 Å². The van der Waals surface area contributed by atoms with Crippen molar-refractivity contribution in [2.45, 2.75) is 19.4 Å². The molecule has 0 unspecified atom stereocenters. The van der Waals surface area contributed by atoms with E-state index in [9.17, 15) is 4.79 Å². The van der Waals surface area contributed by atoms with Gasteiger partial charge in [-0.05, 0) is 35.7 Å². The molecule has 0 atom stereocenters. The van der Waals surface area contributed by atoms with Crippen LogP contribution in [-0.4, -0.2) is 19.0 Å². The molecule has 0 fully saturated rings. The van der Waals surface area contributed by atoms with Crippen LogP contribution in [0.5, 0.6) is 0 Å². The lowest BCUT2D eigenvalue weighted by molar-refractivity contribution is -0.121. The van der Waals surface area contributed by atoms with Crippen molar-refractivity contribution in [2.24, 2.45) is 0 Å². The average Bonchev–Trinajstić information content (AvgIpc) is 2.96. The fraction of sp³-hybridized carbons (Fsp3) is 0.278. The molecule has 114 valence electrons. The molecule has 1 amide bonds. The molecule has 2 aromatic rings. The molecule has 0 bridgehead atoms. The predicted molar refractivity (Wildman–Crippen MR) is 90.3 cm³/mol. The van der Waals surface area contributed by atoms with Crippen molar-refractivity contribution in [1.82, 2.24) is 5.32 Å². The maximum atomic E-state index is 12.0. The normalized spacial score (nSPS) is 13.0. The predicted octanol–water partition coefficient (Wildman–Crippen LogP) is 3.41. The second-order valence-electron chi connectivity index (χ2n) is 5.52. The van der Waals surface area contributed by atoms with Crippen LogP contribution in [-0.2, 0) is 17.8 Å². The van der Waals surface area contributed by atoms with Crippen LogP contribution < -0.4 is 10.2 Å². The number of anilines is 1. The average molecular weight is 315 g/mol. The van der Waals surface area contributed by atoms with E-state index >= 15 is 0 Å². The minimum Gasteiger partial charge on any atom is -0.370 e. The van der Waals surface area contributed by atoms with Gasteiger partial charge in [0.1, 0.15) is 0 Å². The van der Waals surface area contributed by atoms with Gasteiger partial charge in [-0.3, -0.25) is 4.79 Å². The van der Waals surface area contributed by atoms with Gasteiger partial charge in [0, 0.05) is 36.8 Å². The number of carbonyl (C=O) groups is 1. The number of carbonyl (C=O) groups excluding carboxylic acids is 1. The van der Waals surface area contributed by atoms with E-state index in [1.54, 1.807) is 0 Å². The van der Waals surface area contributed by atoms with Gasteiger partial charge in [0.25, 0.3) is 0 Å². The zero-order valence-corrected chi connectivity index (χ0v) is 13.1. The standard InChI is InChI=1S/C18H19ClN2O/c19-16-7-5-14(6-8-16)13-20-18(22)10-12-21-11-9-15-3-1-2-4-17(15)21/h1-8H,9-13H2,(H,20,22). The van der Waals surface area contributed by atoms with Crippen molar-refractivity contribution in [3.8, 4) is 0 Å². The Kier molecular flexibility index (Phi) is 4.64. The zero-order valence-electron chi connectivity index (χ0n) is 12.4. The highest BCUT2D eigenvalue weighted by atomic mass is 35.5. The molecule has 0 spiro atoms. The van der Waals surface area contributed by atoms with Crippen molar-refractivity contribution in [3.05, 3.63) is 64.7 Å². The molecule has 3 rings (SSSR count). The van der Waals surface area contributed by atoms with Crippen LogP contribution >= 0.6 is 11.6 Å². The van der Waals surface area contributed by atoms with Gasteiger partial charge in [0.2, 0.25) is 5.91 Å². The summed E-state index contributed by atoms with van der Waals surface area (Å²) in [6.07, 6.45) is 1.59. The summed E-state index contributed by atoms with van der Waals surface area (Å²) in [5.41, 5.74) is 3.71. The van der Waals surface area contributed by atoms with Crippen molar-refractivity contribution in [3.63, 3.8) is 0 Å². The van der Waals surface area contributed by atoms with Crippen molar-refractivity contribution in [2.75, 3.05) is 18.0 Å². The first-order chi connectivity index (χ1) is 10.7. The third-order valence-corrected chi connectivity index (χ3v) is 4.25. The first-order valence-electron chi connectivity index (χ1n) is 7.56. The minimum absolute atomic E-state index is 0.0827. The Labute approximate surface area is 135 Å². The molecule has 1 aliphatic heterocycles. The summed E-state index contributed by atoms with van der Waals surface area (Å²) < 4.78 is 0. The van der Waals surface area contributed by atoms with Gasteiger partial charge in [0.05, 0.1) is 0 Å². The van der Waals surface area contributed by atoms with E-state index in [1.165, 1.54) is 11.3 Å². The van der Waals surface area contributed by atoms with Gasteiger partial charge in [-0.25, -0.2) is 0 Å². The quantitative estimate of drug-likeness (QED) is 0.917. The SMILES string of the molecule is O=C(CCN1CCc2ccccc21)NCc1ccc(Cl)cc1. The molecular formula is C18H19ClN2O. The van der Waals surface area contributed by atoms with Gasteiger partial charge in [-0.2, -0.15) is 0 Å². The minimum atomic E-state index is 0.0827. The van der Waals surface area contributed by atoms with Gasteiger partial charge in [-0.15, -0.1) is 0 Å². The molecule has 1 heterocycles. The highest BCUT2D eigenvalue weighted by molar-refractivity contribution is 6.30. The van der Waals surface area contributed by atoms with Gasteiger partial charge in [-0.1, -0.05) is 41.9 Å². The number of hydrogen-bond donors (Lipinski definition) is 1. The number of amides is 1. The highest BCUT2D eigenvalue weighted by Gasteiger charge is 2.18. The van der Waals surface area contributed by atoms with Gasteiger partial charge >= 0.3 is 0 Å². The number of hydrogen-bond acceptors (Lipinski definition) is 2. The monoisotopic (exact) mass is 314 g/mol. The van der Waals surface area contributed by atoms with E-state index in [2.05, 4.69) is 34.5 Å². The summed E-state index contributed by atoms with van der Waals surface area (Å²) in [6.45, 7) is 2.32. The Morgan fingerprint density at radius 1 is 1.14 bits per heavy atom. The van der Waals surface area contributed by atoms with Crippen LogP contribution in [0, 0.1) is 0 Å². The number of para-hydroxylation sites is 1. The number of nitrogens with one attached hydrogen (secondary N) is 1. The maximum absolute atomic E-state index is 12.0. The van der Waals surface area contributed by atoms with Crippen molar-refractivity contribution in [1.29, 1.82) is 0 Å². The molecule has 3 nitrogen and oxygen atoms in total. The van der Waals surface area contributed by atoms with Crippen LogP contribution in [0.25, 0.3) is 0 Å². The first-order valence-corrected chi connectivity index (χ1v) is 7.94. The summed E-state index contributed by atoms with van der Waals surface area (Å²) >= 11 is 5.85. The van der Waals surface area contributed by atoms with Crippen molar-refractivity contribution < 1.29 is 4.79 Å². The lowest BCUT2D eigenvalue weighted by Gasteiger charge is -2.18. The lowest BCUT2D eigenvalue weighted by Crippen LogP contribution is -2.29. The van der Waals surface area contributed by atoms with Gasteiger partial charge < -0.3 is 10.2 Å². The Morgan fingerprint density at radius 2 is 1.91 bits per heavy atom. The summed E-state index contributed by atoms with van der Waals surface area (Å²) in [7, 11) is 0. The second kappa shape index (κ2) is 6.84. The first kappa shape index (κ1) is 14.9. The van der Waals surface area contributed by atoms with E-state index in [4.69, 9.17) is 11.6 Å². The number of benzene rings is 2. The Balaban J connectivity index is 1.46. The molecule has 0 saturated heterocycles. The summed E-state index contributed by atoms with van der Waals surface area (Å²) in [4.78, 5) is 14.3. The maximum Gasteiger partial charge on any atom is 0.222 e. The van der Waals surface area contributed by atoms with E-state index < -0.39 is 0 Å². The number of halogens is 1. The molecule has 0 saturated carbocycles. The molecule has 1 aliphatic rings. The number of nitrogens with zero attached hydrogens (tertiary/aromatic N) is 1. The molecular weight excluding hydrogens is 296 g/mol. The summed E-state index contributed by atoms with van der Waals surface area (Å²) in [5, 5.41) is 3.67. The van der Waals surface area contributed by atoms with Crippen LogP contribution in [0.15, 0.2) is 48.5 Å². The van der Waals surface area contributed by atoms with Crippen LogP contribution in [0.3, 0.4) is 0 Å². The van der Waals surface area contributed by atoms with Gasteiger partial charge in [0.15, 0.2) is 0 Å². The molecule has 22 heavy (non-hydrogen) atoms. The number of fused-ring (bicyclic) bond motifs is 1. The molecule has 4 heteroatoms. The third kappa shape index (κ3) is 3.60. The van der Waals surface area contributed by atoms with Crippen molar-refractivity contribution >= 4 is 23.2 Å². The lowest BCUT2D eigenvalue weighted by atomic mass is 10.2. The molecule has 0 aliphatic carbocycles. The highest BCUT2D eigenvalue weighted by Crippen LogP contribution is 2.27. The molecule has 0 radical (unpaired) electrons. The second-order valence-corrected chi connectivity index (χ2v) is 5.96. The molecule has 2 aromatic carbocycles. The zero-order chi connectivity index (χ0) is 15.4. The third-order valence-electron chi connectivity index (χ3n) is 4.00.